The number of ether oxygens (including phenoxy) is 1. The molecule has 0 radical (unpaired) electrons. The van der Waals surface area contributed by atoms with E-state index in [1.54, 1.807) is 28.9 Å². The van der Waals surface area contributed by atoms with E-state index in [-0.39, 0.29) is 18.6 Å². The summed E-state index contributed by atoms with van der Waals surface area (Å²) in [5.74, 6) is -1.05. The Bertz CT molecular complexity index is 463. The van der Waals surface area contributed by atoms with Crippen molar-refractivity contribution in [2.24, 2.45) is 7.05 Å². The van der Waals surface area contributed by atoms with Gasteiger partial charge in [0.25, 0.3) is 5.91 Å². The molecule has 1 aliphatic rings. The van der Waals surface area contributed by atoms with Crippen LogP contribution in [0.5, 0.6) is 0 Å². The van der Waals surface area contributed by atoms with Crippen molar-refractivity contribution in [3.05, 3.63) is 18.0 Å². The van der Waals surface area contributed by atoms with Crippen molar-refractivity contribution in [3.63, 3.8) is 0 Å². The molecule has 0 saturated carbocycles. The monoisotopic (exact) mass is 267 g/mol. The molecule has 1 aromatic heterocycles. The minimum Gasteiger partial charge on any atom is -0.480 e. The zero-order valence-electron chi connectivity index (χ0n) is 10.8. The second-order valence-corrected chi connectivity index (χ2v) is 4.57. The minimum atomic E-state index is -0.966. The SMILES string of the molecule is Cn1ccc(C(=O)N2CCC(OCC(=O)O)CC2)n1. The van der Waals surface area contributed by atoms with E-state index in [1.807, 2.05) is 0 Å². The Morgan fingerprint density at radius 3 is 2.68 bits per heavy atom. The number of hydrogen-bond donors (Lipinski definition) is 1. The first-order chi connectivity index (χ1) is 9.06. The lowest BCUT2D eigenvalue weighted by atomic mass is 10.1. The number of aromatic nitrogens is 2. The van der Waals surface area contributed by atoms with Crippen molar-refractivity contribution >= 4 is 11.9 Å². The molecule has 0 aliphatic carbocycles. The van der Waals surface area contributed by atoms with Gasteiger partial charge in [0.1, 0.15) is 12.3 Å². The number of rotatable bonds is 4. The Morgan fingerprint density at radius 1 is 1.47 bits per heavy atom. The molecule has 1 saturated heterocycles. The van der Waals surface area contributed by atoms with E-state index in [0.717, 1.165) is 0 Å². The molecule has 2 heterocycles. The molecule has 1 fully saturated rings. The van der Waals surface area contributed by atoms with Gasteiger partial charge < -0.3 is 14.7 Å². The van der Waals surface area contributed by atoms with E-state index in [9.17, 15) is 9.59 Å². The molecule has 1 N–H and O–H groups in total. The highest BCUT2D eigenvalue weighted by Crippen LogP contribution is 2.15. The molecule has 0 aromatic carbocycles. The number of aryl methyl sites for hydroxylation is 1. The minimum absolute atomic E-state index is 0.0797. The van der Waals surface area contributed by atoms with E-state index in [0.29, 0.717) is 31.6 Å². The lowest BCUT2D eigenvalue weighted by Gasteiger charge is -2.31. The van der Waals surface area contributed by atoms with Crippen molar-refractivity contribution in [2.75, 3.05) is 19.7 Å². The third kappa shape index (κ3) is 3.54. The van der Waals surface area contributed by atoms with E-state index in [1.165, 1.54) is 0 Å². The van der Waals surface area contributed by atoms with Crippen LogP contribution in [0.4, 0.5) is 0 Å². The van der Waals surface area contributed by atoms with Gasteiger partial charge in [0.15, 0.2) is 0 Å². The van der Waals surface area contributed by atoms with E-state index < -0.39 is 5.97 Å². The van der Waals surface area contributed by atoms with Crippen molar-refractivity contribution in [1.82, 2.24) is 14.7 Å². The smallest absolute Gasteiger partial charge is 0.329 e. The molecule has 19 heavy (non-hydrogen) atoms. The van der Waals surface area contributed by atoms with Crippen LogP contribution in [0.1, 0.15) is 23.3 Å². The average molecular weight is 267 g/mol. The fourth-order valence-corrected chi connectivity index (χ4v) is 2.11. The number of carboxylic acid groups (broad SMARTS) is 1. The standard InChI is InChI=1S/C12H17N3O4/c1-14-5-4-10(13-14)12(18)15-6-2-9(3-7-15)19-8-11(16)17/h4-5,9H,2-3,6-8H2,1H3,(H,16,17). The van der Waals surface area contributed by atoms with Crippen LogP contribution in [0.3, 0.4) is 0 Å². The van der Waals surface area contributed by atoms with E-state index in [4.69, 9.17) is 9.84 Å². The van der Waals surface area contributed by atoms with Gasteiger partial charge in [-0.1, -0.05) is 0 Å². The number of likely N-dealkylation sites (tertiary alicyclic amines) is 1. The largest absolute Gasteiger partial charge is 0.480 e. The van der Waals surface area contributed by atoms with Gasteiger partial charge in [0, 0.05) is 26.3 Å². The number of carbonyl (C=O) groups excluding carboxylic acids is 1. The summed E-state index contributed by atoms with van der Waals surface area (Å²) in [6, 6.07) is 1.69. The zero-order valence-corrected chi connectivity index (χ0v) is 10.8. The number of nitrogens with zero attached hydrogens (tertiary/aromatic N) is 3. The van der Waals surface area contributed by atoms with E-state index in [2.05, 4.69) is 5.10 Å². The molecule has 1 aromatic rings. The Labute approximate surface area is 110 Å². The highest BCUT2D eigenvalue weighted by atomic mass is 16.5. The van der Waals surface area contributed by atoms with Gasteiger partial charge in [-0.2, -0.15) is 5.10 Å². The molecule has 0 spiro atoms. The van der Waals surface area contributed by atoms with Crippen LogP contribution in [-0.2, 0) is 16.6 Å². The second kappa shape index (κ2) is 5.83. The molecule has 0 unspecified atom stereocenters. The van der Waals surface area contributed by atoms with Crippen LogP contribution in [-0.4, -0.2) is 57.5 Å². The third-order valence-corrected chi connectivity index (χ3v) is 3.10. The maximum absolute atomic E-state index is 12.1. The zero-order chi connectivity index (χ0) is 13.8. The molecule has 7 nitrogen and oxygen atoms in total. The average Bonchev–Trinajstić information content (AvgIpc) is 2.83. The van der Waals surface area contributed by atoms with E-state index >= 15 is 0 Å². The molecule has 0 bridgehead atoms. The van der Waals surface area contributed by atoms with Crippen LogP contribution >= 0.6 is 0 Å². The van der Waals surface area contributed by atoms with Crippen molar-refractivity contribution < 1.29 is 19.4 Å². The van der Waals surface area contributed by atoms with Gasteiger partial charge >= 0.3 is 5.97 Å². The fourth-order valence-electron chi connectivity index (χ4n) is 2.11. The summed E-state index contributed by atoms with van der Waals surface area (Å²) in [5.41, 5.74) is 0.437. The summed E-state index contributed by atoms with van der Waals surface area (Å²) in [5, 5.41) is 12.6. The maximum Gasteiger partial charge on any atom is 0.329 e. The van der Waals surface area contributed by atoms with Crippen LogP contribution in [0, 0.1) is 0 Å². The summed E-state index contributed by atoms with van der Waals surface area (Å²) in [6.45, 7) is 0.859. The quantitative estimate of drug-likeness (QED) is 0.838. The molecular formula is C12H17N3O4. The normalized spacial score (nSPS) is 16.6. The molecule has 7 heteroatoms. The fraction of sp³-hybridized carbons (Fsp3) is 0.583. The highest BCUT2D eigenvalue weighted by molar-refractivity contribution is 5.92. The number of piperidine rings is 1. The van der Waals surface area contributed by atoms with Crippen molar-refractivity contribution in [1.29, 1.82) is 0 Å². The number of amides is 1. The first kappa shape index (κ1) is 13.5. The predicted molar refractivity (Wildman–Crippen MR) is 65.7 cm³/mol. The van der Waals surface area contributed by atoms with Crippen molar-refractivity contribution in [2.45, 2.75) is 18.9 Å². The molecule has 1 aliphatic heterocycles. The maximum atomic E-state index is 12.1. The first-order valence-electron chi connectivity index (χ1n) is 6.18. The number of hydrogen-bond acceptors (Lipinski definition) is 4. The van der Waals surface area contributed by atoms with Gasteiger partial charge in [-0.25, -0.2) is 4.79 Å². The highest BCUT2D eigenvalue weighted by Gasteiger charge is 2.25. The Kier molecular flexibility index (Phi) is 4.16. The Hall–Kier alpha value is -1.89. The van der Waals surface area contributed by atoms with Gasteiger partial charge in [-0.15, -0.1) is 0 Å². The first-order valence-corrected chi connectivity index (χ1v) is 6.18. The summed E-state index contributed by atoms with van der Waals surface area (Å²) in [4.78, 5) is 24.2. The lowest BCUT2D eigenvalue weighted by molar-refractivity contribution is -0.145. The molecule has 104 valence electrons. The molecule has 1 amide bonds. The molecular weight excluding hydrogens is 250 g/mol. The Balaban J connectivity index is 1.83. The predicted octanol–water partition coefficient (Wildman–Crippen LogP) is 0.126. The lowest BCUT2D eigenvalue weighted by Crippen LogP contribution is -2.41. The van der Waals surface area contributed by atoms with Crippen LogP contribution in [0.2, 0.25) is 0 Å². The summed E-state index contributed by atoms with van der Waals surface area (Å²) < 4.78 is 6.82. The summed E-state index contributed by atoms with van der Waals surface area (Å²) >= 11 is 0. The van der Waals surface area contributed by atoms with Crippen LogP contribution in [0.15, 0.2) is 12.3 Å². The second-order valence-electron chi connectivity index (χ2n) is 4.57. The van der Waals surface area contributed by atoms with Crippen LogP contribution < -0.4 is 0 Å². The third-order valence-electron chi connectivity index (χ3n) is 3.10. The van der Waals surface area contributed by atoms with Gasteiger partial charge in [-0.05, 0) is 18.9 Å². The number of aliphatic carboxylic acids is 1. The van der Waals surface area contributed by atoms with Gasteiger partial charge in [-0.3, -0.25) is 9.48 Å². The van der Waals surface area contributed by atoms with Gasteiger partial charge in [0.05, 0.1) is 6.10 Å². The summed E-state index contributed by atoms with van der Waals surface area (Å²) in [7, 11) is 1.77. The Morgan fingerprint density at radius 2 is 2.16 bits per heavy atom. The molecule has 2 rings (SSSR count). The number of carbonyl (C=O) groups is 2. The van der Waals surface area contributed by atoms with Crippen LogP contribution in [0.25, 0.3) is 0 Å². The van der Waals surface area contributed by atoms with Gasteiger partial charge in [0.2, 0.25) is 0 Å². The molecule has 0 atom stereocenters. The van der Waals surface area contributed by atoms with Crippen molar-refractivity contribution in [3.8, 4) is 0 Å². The number of carboxylic acids is 1. The topological polar surface area (TPSA) is 84.7 Å². The summed E-state index contributed by atoms with van der Waals surface area (Å²) in [6.07, 6.45) is 2.97.